The lowest BCUT2D eigenvalue weighted by atomic mass is 10.0. The van der Waals surface area contributed by atoms with Crippen LogP contribution in [0.15, 0.2) is 127 Å². The number of rotatable bonds is 6. The summed E-state index contributed by atoms with van der Waals surface area (Å²) in [6, 6.07) is 35.7. The molecule has 0 saturated heterocycles. The van der Waals surface area contributed by atoms with E-state index in [4.69, 9.17) is 24.0 Å². The number of terminal acetylenes is 3. The number of carbonyl (C=O) groups excluding carboxylic acids is 2. The molecule has 7 nitrogen and oxygen atoms in total. The van der Waals surface area contributed by atoms with Gasteiger partial charge in [-0.15, -0.1) is 19.3 Å². The number of hydrogen-bond acceptors (Lipinski definition) is 5. The van der Waals surface area contributed by atoms with Crippen LogP contribution in [0.25, 0.3) is 0 Å². The van der Waals surface area contributed by atoms with Crippen molar-refractivity contribution in [3.05, 3.63) is 177 Å². The highest BCUT2D eigenvalue weighted by Crippen LogP contribution is 2.41. The van der Waals surface area contributed by atoms with Gasteiger partial charge in [-0.05, 0) is 72.8 Å². The fourth-order valence-corrected chi connectivity index (χ4v) is 5.28. The van der Waals surface area contributed by atoms with Gasteiger partial charge in [0.05, 0.1) is 22.4 Å². The first-order chi connectivity index (χ1) is 26.8. The van der Waals surface area contributed by atoms with Gasteiger partial charge in [0.2, 0.25) is 0 Å². The van der Waals surface area contributed by atoms with Crippen molar-refractivity contribution < 1.29 is 24.5 Å². The molecule has 0 fully saturated rings. The quantitative estimate of drug-likeness (QED) is 0.103. The second-order valence-corrected chi connectivity index (χ2v) is 11.7. The van der Waals surface area contributed by atoms with Gasteiger partial charge >= 0.3 is 0 Å². The van der Waals surface area contributed by atoms with Gasteiger partial charge < -0.3 is 25.6 Å². The monoisotopic (exact) mass is 712 g/mol. The third-order valence-electron chi connectivity index (χ3n) is 8.04. The molecule has 6 aromatic carbocycles. The third-order valence-corrected chi connectivity index (χ3v) is 8.04. The van der Waals surface area contributed by atoms with Gasteiger partial charge in [0.1, 0.15) is 22.9 Å². The van der Waals surface area contributed by atoms with Gasteiger partial charge in [-0.1, -0.05) is 83.9 Å². The van der Waals surface area contributed by atoms with Gasteiger partial charge in [0.15, 0.2) is 5.75 Å². The van der Waals surface area contributed by atoms with E-state index in [-0.39, 0.29) is 50.9 Å². The van der Waals surface area contributed by atoms with Crippen LogP contribution in [0.1, 0.15) is 59.7 Å². The van der Waals surface area contributed by atoms with Crippen molar-refractivity contribution in [2.45, 2.75) is 0 Å². The minimum absolute atomic E-state index is 0.00206. The van der Waals surface area contributed by atoms with E-state index >= 15 is 0 Å². The molecule has 0 aromatic heterocycles. The summed E-state index contributed by atoms with van der Waals surface area (Å²) >= 11 is 0. The molecule has 0 saturated carbocycles. The number of carbonyl (C=O) groups is 2. The Morgan fingerprint density at radius 1 is 0.564 bits per heavy atom. The molecule has 2 amide bonds. The molecule has 6 rings (SSSR count). The summed E-state index contributed by atoms with van der Waals surface area (Å²) in [6.45, 7) is 0. The number of hydrogen-bond donors (Lipinski definition) is 4. The highest BCUT2D eigenvalue weighted by Gasteiger charge is 2.21. The summed E-state index contributed by atoms with van der Waals surface area (Å²) in [4.78, 5) is 27.1. The van der Waals surface area contributed by atoms with Crippen molar-refractivity contribution in [3.8, 4) is 83.7 Å². The Hall–Kier alpha value is -8.54. The zero-order valence-corrected chi connectivity index (χ0v) is 29.0. The highest BCUT2D eigenvalue weighted by molar-refractivity contribution is 6.07. The number of phenols is 2. The summed E-state index contributed by atoms with van der Waals surface area (Å²) in [5.74, 6) is 17.9. The average molecular weight is 713 g/mol. The number of aromatic hydroxyl groups is 2. The van der Waals surface area contributed by atoms with Crippen LogP contribution >= 0.6 is 0 Å². The van der Waals surface area contributed by atoms with Crippen molar-refractivity contribution in [1.29, 1.82) is 0 Å². The van der Waals surface area contributed by atoms with Crippen LogP contribution in [0.2, 0.25) is 0 Å². The number of anilines is 2. The molecular formula is C48H28N2O5. The van der Waals surface area contributed by atoms with Crippen molar-refractivity contribution in [1.82, 2.24) is 0 Å². The Kier molecular flexibility index (Phi) is 11.0. The minimum atomic E-state index is -0.590. The van der Waals surface area contributed by atoms with Gasteiger partial charge in [-0.3, -0.25) is 9.59 Å². The third kappa shape index (κ3) is 8.68. The molecule has 0 atom stereocenters. The molecule has 0 spiro atoms. The largest absolute Gasteiger partial charge is 0.506 e. The van der Waals surface area contributed by atoms with Crippen LogP contribution in [0.3, 0.4) is 0 Å². The zero-order valence-electron chi connectivity index (χ0n) is 29.0. The lowest BCUT2D eigenvalue weighted by Crippen LogP contribution is -2.14. The number of benzene rings is 6. The maximum Gasteiger partial charge on any atom is 0.257 e. The maximum absolute atomic E-state index is 13.8. The fourth-order valence-electron chi connectivity index (χ4n) is 5.28. The van der Waals surface area contributed by atoms with E-state index in [1.807, 2.05) is 60.7 Å². The molecule has 0 aliphatic rings. The van der Waals surface area contributed by atoms with Crippen LogP contribution in [-0.2, 0) is 0 Å². The van der Waals surface area contributed by atoms with Gasteiger partial charge in [-0.2, -0.15) is 0 Å². The molecule has 0 aliphatic carbocycles. The van der Waals surface area contributed by atoms with E-state index in [0.717, 1.165) is 11.1 Å². The standard InChI is InChI=1S/C48H28N2O5/c1-4-32-18-13-19-38(28-32)47(53)50-45-40(6-3)46(52)36(5-2)30-44(45)55-39-25-27-43(51)42(31-39)49-48(54)41-26-23-35(21-20-33-14-9-7-10-15-33)29-37(41)24-22-34-16-11-8-12-17-34/h1-3,7-19,23,25-31,51-52H,(H,49,54)(H,50,53). The molecule has 0 aliphatic heterocycles. The number of nitrogens with one attached hydrogen (secondary N) is 2. The lowest BCUT2D eigenvalue weighted by molar-refractivity contribution is 0.101. The Labute approximate surface area is 318 Å². The molecule has 0 radical (unpaired) electrons. The van der Waals surface area contributed by atoms with Crippen LogP contribution in [0.4, 0.5) is 11.4 Å². The predicted octanol–water partition coefficient (Wildman–Crippen LogP) is 8.14. The van der Waals surface area contributed by atoms with Crippen molar-refractivity contribution >= 4 is 23.2 Å². The molecule has 0 bridgehead atoms. The van der Waals surface area contributed by atoms with Crippen LogP contribution < -0.4 is 15.4 Å². The molecule has 55 heavy (non-hydrogen) atoms. The highest BCUT2D eigenvalue weighted by atomic mass is 16.5. The molecule has 4 N–H and O–H groups in total. The first-order valence-electron chi connectivity index (χ1n) is 16.6. The smallest absolute Gasteiger partial charge is 0.257 e. The first-order valence-corrected chi connectivity index (χ1v) is 16.6. The van der Waals surface area contributed by atoms with Crippen molar-refractivity contribution in [2.75, 3.05) is 10.6 Å². The van der Waals surface area contributed by atoms with Crippen molar-refractivity contribution in [3.63, 3.8) is 0 Å². The van der Waals surface area contributed by atoms with E-state index in [9.17, 15) is 19.8 Å². The van der Waals surface area contributed by atoms with Gasteiger partial charge in [-0.25, -0.2) is 0 Å². The Morgan fingerprint density at radius 2 is 1.24 bits per heavy atom. The number of amides is 2. The normalized spacial score (nSPS) is 9.76. The van der Waals surface area contributed by atoms with E-state index in [2.05, 4.69) is 52.1 Å². The van der Waals surface area contributed by atoms with Gasteiger partial charge in [0, 0.05) is 45.5 Å². The summed E-state index contributed by atoms with van der Waals surface area (Å²) in [5.41, 5.74) is 3.41. The van der Waals surface area contributed by atoms with Crippen LogP contribution in [0.5, 0.6) is 23.0 Å². The fraction of sp³-hybridized carbons (Fsp3) is 0. The molecule has 0 unspecified atom stereocenters. The number of phenolic OH excluding ortho intramolecular Hbond substituents is 2. The topological polar surface area (TPSA) is 108 Å². The SMILES string of the molecule is C#Cc1cccc(C(=O)Nc2c(Oc3ccc(O)c(NC(=O)c4ccc(C#Cc5ccccc5)cc4C#Cc4ccccc4)c3)cc(C#C)c(O)c2C#C)c1. The summed E-state index contributed by atoms with van der Waals surface area (Å²) in [6.07, 6.45) is 16.9. The average Bonchev–Trinajstić information content (AvgIpc) is 3.22. The van der Waals surface area contributed by atoms with E-state index in [1.54, 1.807) is 36.4 Å². The molecule has 7 heteroatoms. The molecule has 6 aromatic rings. The summed E-state index contributed by atoms with van der Waals surface area (Å²) in [7, 11) is 0. The Balaban J connectivity index is 1.33. The zero-order chi connectivity index (χ0) is 38.7. The van der Waals surface area contributed by atoms with E-state index in [0.29, 0.717) is 16.7 Å². The maximum atomic E-state index is 13.8. The van der Waals surface area contributed by atoms with Gasteiger partial charge in [0.25, 0.3) is 11.8 Å². The Morgan fingerprint density at radius 3 is 1.91 bits per heavy atom. The molecule has 260 valence electrons. The van der Waals surface area contributed by atoms with E-state index in [1.165, 1.54) is 30.3 Å². The minimum Gasteiger partial charge on any atom is -0.506 e. The summed E-state index contributed by atoms with van der Waals surface area (Å²) < 4.78 is 6.16. The second-order valence-electron chi connectivity index (χ2n) is 11.7. The molecule has 0 heterocycles. The molecular weight excluding hydrogens is 685 g/mol. The summed E-state index contributed by atoms with van der Waals surface area (Å²) in [5, 5.41) is 27.1. The lowest BCUT2D eigenvalue weighted by Gasteiger charge is -2.17. The number of ether oxygens (including phenoxy) is 1. The van der Waals surface area contributed by atoms with Crippen molar-refractivity contribution in [2.24, 2.45) is 0 Å². The Bertz CT molecular complexity index is 2730. The predicted molar refractivity (Wildman–Crippen MR) is 214 cm³/mol. The van der Waals surface area contributed by atoms with Crippen LogP contribution in [-0.4, -0.2) is 22.0 Å². The van der Waals surface area contributed by atoms with E-state index < -0.39 is 17.6 Å². The first kappa shape index (κ1) is 36.3. The second kappa shape index (κ2) is 16.7. The van der Waals surface area contributed by atoms with Crippen LogP contribution in [0, 0.1) is 60.7 Å².